The molecule has 1 unspecified atom stereocenters. The number of aryl methyl sites for hydroxylation is 1. The molecule has 2 nitrogen and oxygen atoms in total. The van der Waals surface area contributed by atoms with E-state index >= 15 is 0 Å². The second-order valence-corrected chi connectivity index (χ2v) is 3.80. The van der Waals surface area contributed by atoms with Crippen LogP contribution in [-0.2, 0) is 0 Å². The lowest BCUT2D eigenvalue weighted by Gasteiger charge is -2.04. The average Bonchev–Trinajstić information content (AvgIpc) is 2.36. The number of thiophene rings is 1. The van der Waals surface area contributed by atoms with Crippen LogP contribution in [0.15, 0.2) is 12.1 Å². The first-order chi connectivity index (χ1) is 5.24. The predicted molar refractivity (Wildman–Crippen MR) is 45.7 cm³/mol. The van der Waals surface area contributed by atoms with E-state index in [0.29, 0.717) is 6.42 Å². The molecule has 0 radical (unpaired) electrons. The number of rotatable bonds is 3. The molecular weight excluding hydrogens is 160 g/mol. The largest absolute Gasteiger partial charge is 0.396 e. The third kappa shape index (κ3) is 2.29. The molecule has 0 fully saturated rings. The molecule has 1 aromatic heterocycles. The Balaban J connectivity index is 2.60. The van der Waals surface area contributed by atoms with Gasteiger partial charge in [-0.15, -0.1) is 11.3 Å². The van der Waals surface area contributed by atoms with E-state index in [0.717, 1.165) is 4.88 Å². The SMILES string of the molecule is Cc1ccc(C(O)CCO)s1. The third-order valence-corrected chi connectivity index (χ3v) is 2.59. The van der Waals surface area contributed by atoms with E-state index < -0.39 is 6.10 Å². The zero-order valence-corrected chi connectivity index (χ0v) is 7.27. The van der Waals surface area contributed by atoms with Crippen LogP contribution in [0.1, 0.15) is 22.3 Å². The fourth-order valence-corrected chi connectivity index (χ4v) is 1.79. The van der Waals surface area contributed by atoms with E-state index in [1.165, 1.54) is 4.88 Å². The van der Waals surface area contributed by atoms with Crippen LogP contribution in [0.3, 0.4) is 0 Å². The van der Waals surface area contributed by atoms with Gasteiger partial charge in [-0.05, 0) is 19.1 Å². The second-order valence-electron chi connectivity index (χ2n) is 2.48. The molecule has 62 valence electrons. The number of aliphatic hydroxyl groups is 2. The fraction of sp³-hybridized carbons (Fsp3) is 0.500. The molecule has 2 N–H and O–H groups in total. The summed E-state index contributed by atoms with van der Waals surface area (Å²) < 4.78 is 0. The molecule has 0 aromatic carbocycles. The van der Waals surface area contributed by atoms with Crippen LogP contribution in [-0.4, -0.2) is 16.8 Å². The minimum absolute atomic E-state index is 0.0398. The highest BCUT2D eigenvalue weighted by molar-refractivity contribution is 7.11. The molecule has 0 amide bonds. The van der Waals surface area contributed by atoms with Gasteiger partial charge in [0.25, 0.3) is 0 Å². The molecule has 0 aliphatic carbocycles. The molecule has 3 heteroatoms. The minimum Gasteiger partial charge on any atom is -0.396 e. The lowest BCUT2D eigenvalue weighted by molar-refractivity contribution is 0.137. The van der Waals surface area contributed by atoms with Gasteiger partial charge in [0.15, 0.2) is 0 Å². The van der Waals surface area contributed by atoms with Crippen molar-refractivity contribution in [2.75, 3.05) is 6.61 Å². The molecule has 0 bridgehead atoms. The van der Waals surface area contributed by atoms with Gasteiger partial charge in [-0.1, -0.05) is 0 Å². The Kier molecular flexibility index (Phi) is 3.05. The van der Waals surface area contributed by atoms with Crippen molar-refractivity contribution in [2.45, 2.75) is 19.4 Å². The lowest BCUT2D eigenvalue weighted by atomic mass is 10.2. The molecule has 1 aromatic rings. The van der Waals surface area contributed by atoms with Crippen LogP contribution in [0.4, 0.5) is 0 Å². The average molecular weight is 172 g/mol. The van der Waals surface area contributed by atoms with Crippen molar-refractivity contribution in [3.05, 3.63) is 21.9 Å². The van der Waals surface area contributed by atoms with E-state index in [4.69, 9.17) is 5.11 Å². The predicted octanol–water partition coefficient (Wildman–Crippen LogP) is 1.47. The van der Waals surface area contributed by atoms with Gasteiger partial charge in [0, 0.05) is 22.8 Å². The number of aliphatic hydroxyl groups excluding tert-OH is 2. The zero-order valence-electron chi connectivity index (χ0n) is 6.45. The highest BCUT2D eigenvalue weighted by Gasteiger charge is 2.07. The van der Waals surface area contributed by atoms with Crippen molar-refractivity contribution >= 4 is 11.3 Å². The molecule has 0 saturated heterocycles. The van der Waals surface area contributed by atoms with Crippen LogP contribution in [0, 0.1) is 6.92 Å². The van der Waals surface area contributed by atoms with Gasteiger partial charge in [0.1, 0.15) is 0 Å². The molecule has 1 heterocycles. The van der Waals surface area contributed by atoms with E-state index in [1.54, 1.807) is 11.3 Å². The number of hydrogen-bond acceptors (Lipinski definition) is 3. The molecule has 0 aliphatic rings. The van der Waals surface area contributed by atoms with Gasteiger partial charge in [-0.3, -0.25) is 0 Å². The zero-order chi connectivity index (χ0) is 8.27. The fourth-order valence-electron chi connectivity index (χ4n) is 0.897. The van der Waals surface area contributed by atoms with Crippen LogP contribution < -0.4 is 0 Å². The van der Waals surface area contributed by atoms with Crippen molar-refractivity contribution in [2.24, 2.45) is 0 Å². The van der Waals surface area contributed by atoms with Crippen LogP contribution in [0.25, 0.3) is 0 Å². The monoisotopic (exact) mass is 172 g/mol. The summed E-state index contributed by atoms with van der Waals surface area (Å²) in [5.41, 5.74) is 0. The first-order valence-corrected chi connectivity index (χ1v) is 4.41. The maximum atomic E-state index is 9.38. The summed E-state index contributed by atoms with van der Waals surface area (Å²) in [6.07, 6.45) is -0.0568. The summed E-state index contributed by atoms with van der Waals surface area (Å²) >= 11 is 1.57. The Morgan fingerprint density at radius 1 is 1.55 bits per heavy atom. The van der Waals surface area contributed by atoms with Gasteiger partial charge < -0.3 is 10.2 Å². The highest BCUT2D eigenvalue weighted by Crippen LogP contribution is 2.24. The molecule has 0 aliphatic heterocycles. The van der Waals surface area contributed by atoms with E-state index in [9.17, 15) is 5.11 Å². The van der Waals surface area contributed by atoms with Gasteiger partial charge in [-0.2, -0.15) is 0 Å². The minimum atomic E-state index is -0.487. The van der Waals surface area contributed by atoms with E-state index in [2.05, 4.69) is 0 Å². The molecular formula is C8H12O2S. The van der Waals surface area contributed by atoms with Gasteiger partial charge in [0.2, 0.25) is 0 Å². The van der Waals surface area contributed by atoms with Gasteiger partial charge in [-0.25, -0.2) is 0 Å². The Labute approximate surface area is 70.1 Å². The lowest BCUT2D eigenvalue weighted by Crippen LogP contribution is -1.96. The maximum absolute atomic E-state index is 9.38. The smallest absolute Gasteiger partial charge is 0.0903 e. The molecule has 11 heavy (non-hydrogen) atoms. The molecule has 0 spiro atoms. The normalized spacial score (nSPS) is 13.4. The highest BCUT2D eigenvalue weighted by atomic mass is 32.1. The quantitative estimate of drug-likeness (QED) is 0.725. The standard InChI is InChI=1S/C8H12O2S/c1-6-2-3-8(11-6)7(10)4-5-9/h2-3,7,9-10H,4-5H2,1H3. The number of hydrogen-bond donors (Lipinski definition) is 2. The Morgan fingerprint density at radius 3 is 2.73 bits per heavy atom. The summed E-state index contributed by atoms with van der Waals surface area (Å²) in [6.45, 7) is 2.04. The Bertz CT molecular complexity index is 220. The summed E-state index contributed by atoms with van der Waals surface area (Å²) in [6, 6.07) is 3.88. The summed E-state index contributed by atoms with van der Waals surface area (Å²) in [5, 5.41) is 17.9. The molecule has 0 saturated carbocycles. The summed E-state index contributed by atoms with van der Waals surface area (Å²) in [5.74, 6) is 0. The third-order valence-electron chi connectivity index (χ3n) is 1.49. The van der Waals surface area contributed by atoms with E-state index in [1.807, 2.05) is 19.1 Å². The van der Waals surface area contributed by atoms with Crippen LogP contribution in [0.2, 0.25) is 0 Å². The van der Waals surface area contributed by atoms with Crippen molar-refractivity contribution in [3.8, 4) is 0 Å². The first kappa shape index (κ1) is 8.71. The second kappa shape index (κ2) is 3.85. The topological polar surface area (TPSA) is 40.5 Å². The van der Waals surface area contributed by atoms with Crippen molar-refractivity contribution in [1.29, 1.82) is 0 Å². The molecule has 1 rings (SSSR count). The van der Waals surface area contributed by atoms with Gasteiger partial charge >= 0.3 is 0 Å². The van der Waals surface area contributed by atoms with Crippen molar-refractivity contribution in [1.82, 2.24) is 0 Å². The van der Waals surface area contributed by atoms with Crippen LogP contribution >= 0.6 is 11.3 Å². The summed E-state index contributed by atoms with van der Waals surface area (Å²) in [4.78, 5) is 2.13. The van der Waals surface area contributed by atoms with E-state index in [-0.39, 0.29) is 6.61 Å². The van der Waals surface area contributed by atoms with Crippen LogP contribution in [0.5, 0.6) is 0 Å². The Morgan fingerprint density at radius 2 is 2.27 bits per heavy atom. The maximum Gasteiger partial charge on any atom is 0.0903 e. The van der Waals surface area contributed by atoms with Crippen molar-refractivity contribution < 1.29 is 10.2 Å². The summed E-state index contributed by atoms with van der Waals surface area (Å²) in [7, 11) is 0. The first-order valence-electron chi connectivity index (χ1n) is 3.59. The van der Waals surface area contributed by atoms with Gasteiger partial charge in [0.05, 0.1) is 6.10 Å². The molecule has 1 atom stereocenters. The van der Waals surface area contributed by atoms with Crippen molar-refractivity contribution in [3.63, 3.8) is 0 Å². The Hall–Kier alpha value is -0.380.